The first-order valence-corrected chi connectivity index (χ1v) is 12.2. The average molecular weight is 469 g/mol. The maximum atomic E-state index is 6.00. The molecule has 186 valence electrons. The molecule has 1 aromatic heterocycles. The summed E-state index contributed by atoms with van der Waals surface area (Å²) in [5.74, 6) is 2.27. The van der Waals surface area contributed by atoms with E-state index in [1.165, 1.54) is 6.42 Å². The van der Waals surface area contributed by atoms with Crippen molar-refractivity contribution in [1.82, 2.24) is 19.7 Å². The van der Waals surface area contributed by atoms with Crippen molar-refractivity contribution in [2.45, 2.75) is 19.3 Å². The fourth-order valence-electron chi connectivity index (χ4n) is 3.68. The van der Waals surface area contributed by atoms with Gasteiger partial charge in [-0.2, -0.15) is 0 Å². The number of ether oxygens (including phenoxy) is 2. The molecule has 3 rings (SSSR count). The largest absolute Gasteiger partial charge is 0.494 e. The van der Waals surface area contributed by atoms with Gasteiger partial charge in [0.2, 0.25) is 5.89 Å². The van der Waals surface area contributed by atoms with E-state index in [9.17, 15) is 0 Å². The molecule has 3 aromatic rings. The minimum Gasteiger partial charge on any atom is -0.494 e. The fraction of sp³-hybridized carbons (Fsp3) is 0.519. The second-order valence-corrected chi connectivity index (χ2v) is 9.34. The van der Waals surface area contributed by atoms with Crippen LogP contribution in [0.5, 0.6) is 11.5 Å². The van der Waals surface area contributed by atoms with Crippen LogP contribution >= 0.6 is 0 Å². The molecule has 0 bridgehead atoms. The molecular formula is C27H40N4O3. The Morgan fingerprint density at radius 3 is 2.00 bits per heavy atom. The van der Waals surface area contributed by atoms with Crippen molar-refractivity contribution in [2.75, 3.05) is 74.6 Å². The molecule has 0 aliphatic heterocycles. The quantitative estimate of drug-likeness (QED) is 0.305. The third-order valence-electron chi connectivity index (χ3n) is 5.58. The highest BCUT2D eigenvalue weighted by Crippen LogP contribution is 2.28. The number of benzene rings is 2. The molecule has 0 saturated heterocycles. The molecule has 0 amide bonds. The van der Waals surface area contributed by atoms with E-state index in [1.54, 1.807) is 0 Å². The van der Waals surface area contributed by atoms with Crippen LogP contribution in [0.15, 0.2) is 46.9 Å². The maximum Gasteiger partial charge on any atom is 0.227 e. The van der Waals surface area contributed by atoms with Gasteiger partial charge in [-0.1, -0.05) is 0 Å². The SMILES string of the molecule is CN(C)CCCOc1ccc2nc(-c3ccc(OCCCN(C)CCCN(C)C)cc3)oc2c1. The van der Waals surface area contributed by atoms with Gasteiger partial charge in [0.05, 0.1) is 13.2 Å². The maximum absolute atomic E-state index is 6.00. The summed E-state index contributed by atoms with van der Waals surface area (Å²) >= 11 is 0. The van der Waals surface area contributed by atoms with Crippen LogP contribution in [0.3, 0.4) is 0 Å². The molecule has 0 fully saturated rings. The van der Waals surface area contributed by atoms with Gasteiger partial charge in [-0.25, -0.2) is 4.98 Å². The molecule has 0 aliphatic carbocycles. The molecule has 0 radical (unpaired) electrons. The summed E-state index contributed by atoms with van der Waals surface area (Å²) in [6.07, 6.45) is 3.17. The number of hydrogen-bond donors (Lipinski definition) is 0. The zero-order valence-corrected chi connectivity index (χ0v) is 21.4. The number of nitrogens with zero attached hydrogens (tertiary/aromatic N) is 4. The molecule has 34 heavy (non-hydrogen) atoms. The summed E-state index contributed by atoms with van der Waals surface area (Å²) in [5.41, 5.74) is 2.48. The summed E-state index contributed by atoms with van der Waals surface area (Å²) in [5, 5.41) is 0. The van der Waals surface area contributed by atoms with Crippen molar-refractivity contribution in [3.63, 3.8) is 0 Å². The molecule has 7 heteroatoms. The van der Waals surface area contributed by atoms with Crippen LogP contribution in [0.2, 0.25) is 0 Å². The third kappa shape index (κ3) is 8.63. The molecular weight excluding hydrogens is 428 g/mol. The molecule has 7 nitrogen and oxygen atoms in total. The number of oxazole rings is 1. The first-order chi connectivity index (χ1) is 16.4. The zero-order chi connectivity index (χ0) is 24.3. The molecule has 1 heterocycles. The topological polar surface area (TPSA) is 54.2 Å². The Balaban J connectivity index is 1.46. The molecule has 0 aliphatic rings. The Bertz CT molecular complexity index is 985. The Morgan fingerprint density at radius 1 is 0.706 bits per heavy atom. The number of hydrogen-bond acceptors (Lipinski definition) is 7. The summed E-state index contributed by atoms with van der Waals surface area (Å²) in [7, 11) is 10.5. The highest BCUT2D eigenvalue weighted by molar-refractivity contribution is 5.77. The average Bonchev–Trinajstić information content (AvgIpc) is 3.23. The Kier molecular flexibility index (Phi) is 10.2. The van der Waals surface area contributed by atoms with Crippen LogP contribution in [0.4, 0.5) is 0 Å². The van der Waals surface area contributed by atoms with E-state index in [-0.39, 0.29) is 0 Å². The zero-order valence-electron chi connectivity index (χ0n) is 21.4. The van der Waals surface area contributed by atoms with Crippen LogP contribution in [0, 0.1) is 0 Å². The highest BCUT2D eigenvalue weighted by atomic mass is 16.5. The highest BCUT2D eigenvalue weighted by Gasteiger charge is 2.10. The van der Waals surface area contributed by atoms with Crippen molar-refractivity contribution in [2.24, 2.45) is 0 Å². The van der Waals surface area contributed by atoms with E-state index in [0.717, 1.165) is 67.2 Å². The first kappa shape index (κ1) is 26.0. The number of fused-ring (bicyclic) bond motifs is 1. The minimum absolute atomic E-state index is 0.602. The monoisotopic (exact) mass is 468 g/mol. The lowest BCUT2D eigenvalue weighted by molar-refractivity contribution is 0.254. The lowest BCUT2D eigenvalue weighted by Gasteiger charge is -2.18. The van der Waals surface area contributed by atoms with Crippen molar-refractivity contribution >= 4 is 11.1 Å². The van der Waals surface area contributed by atoms with Crippen LogP contribution in [0.1, 0.15) is 19.3 Å². The van der Waals surface area contributed by atoms with Gasteiger partial charge >= 0.3 is 0 Å². The minimum atomic E-state index is 0.602. The predicted molar refractivity (Wildman–Crippen MR) is 139 cm³/mol. The number of rotatable bonds is 15. The molecule has 0 spiro atoms. The van der Waals surface area contributed by atoms with Gasteiger partial charge in [0.1, 0.15) is 17.0 Å². The summed E-state index contributed by atoms with van der Waals surface area (Å²) < 4.78 is 17.8. The first-order valence-electron chi connectivity index (χ1n) is 12.2. The van der Waals surface area contributed by atoms with Crippen molar-refractivity contribution in [3.05, 3.63) is 42.5 Å². The number of aromatic nitrogens is 1. The van der Waals surface area contributed by atoms with E-state index in [2.05, 4.69) is 54.9 Å². The van der Waals surface area contributed by atoms with Gasteiger partial charge in [0.25, 0.3) is 0 Å². The second-order valence-electron chi connectivity index (χ2n) is 9.34. The molecule has 0 unspecified atom stereocenters. The van der Waals surface area contributed by atoms with Gasteiger partial charge in [-0.15, -0.1) is 0 Å². The van der Waals surface area contributed by atoms with Crippen LogP contribution in [-0.2, 0) is 0 Å². The van der Waals surface area contributed by atoms with Crippen LogP contribution in [0.25, 0.3) is 22.6 Å². The van der Waals surface area contributed by atoms with Crippen molar-refractivity contribution in [1.29, 1.82) is 0 Å². The lowest BCUT2D eigenvalue weighted by atomic mass is 10.2. The van der Waals surface area contributed by atoms with E-state index in [4.69, 9.17) is 13.9 Å². The predicted octanol–water partition coefficient (Wildman–Crippen LogP) is 4.48. The van der Waals surface area contributed by atoms with E-state index in [0.29, 0.717) is 19.1 Å². The molecule has 0 atom stereocenters. The Hall–Kier alpha value is -2.61. The van der Waals surface area contributed by atoms with Crippen molar-refractivity contribution < 1.29 is 13.9 Å². The summed E-state index contributed by atoms with van der Waals surface area (Å²) in [4.78, 5) is 11.4. The normalized spacial score (nSPS) is 11.8. The van der Waals surface area contributed by atoms with Gasteiger partial charge in [0.15, 0.2) is 5.58 Å². The standard InChI is InChI=1S/C27H40N4O3/c1-29(2)15-6-17-31(5)18-8-20-32-23-11-9-22(10-12-23)27-28-25-14-13-24(21-26(25)34-27)33-19-7-16-30(3)4/h9-14,21H,6-8,15-20H2,1-5H3. The van der Waals surface area contributed by atoms with Crippen LogP contribution in [-0.4, -0.2) is 94.3 Å². The van der Waals surface area contributed by atoms with Gasteiger partial charge < -0.3 is 28.6 Å². The van der Waals surface area contributed by atoms with Gasteiger partial charge in [0, 0.05) is 24.7 Å². The van der Waals surface area contributed by atoms with Crippen LogP contribution < -0.4 is 9.47 Å². The Morgan fingerprint density at radius 2 is 1.29 bits per heavy atom. The summed E-state index contributed by atoms with van der Waals surface area (Å²) in [6, 6.07) is 13.7. The van der Waals surface area contributed by atoms with Gasteiger partial charge in [-0.05, 0) is 104 Å². The fourth-order valence-corrected chi connectivity index (χ4v) is 3.68. The summed E-state index contributed by atoms with van der Waals surface area (Å²) in [6.45, 7) is 5.66. The second kappa shape index (κ2) is 13.3. The van der Waals surface area contributed by atoms with E-state index < -0.39 is 0 Å². The van der Waals surface area contributed by atoms with Crippen molar-refractivity contribution in [3.8, 4) is 23.0 Å². The molecule has 0 saturated carbocycles. The Labute approximate surface area is 204 Å². The smallest absolute Gasteiger partial charge is 0.227 e. The lowest BCUT2D eigenvalue weighted by Crippen LogP contribution is -2.25. The van der Waals surface area contributed by atoms with E-state index >= 15 is 0 Å². The van der Waals surface area contributed by atoms with Gasteiger partial charge in [-0.3, -0.25) is 0 Å². The molecule has 2 aromatic carbocycles. The molecule has 0 N–H and O–H groups in total. The third-order valence-corrected chi connectivity index (χ3v) is 5.58. The van der Waals surface area contributed by atoms with E-state index in [1.807, 2.05) is 42.5 Å².